The molecule has 0 fully saturated rings. The number of carboxylic acid groups (broad SMARTS) is 1. The Morgan fingerprint density at radius 2 is 2.13 bits per heavy atom. The van der Waals surface area contributed by atoms with Gasteiger partial charge in [0.2, 0.25) is 0 Å². The number of carboxylic acids is 1. The molecule has 0 bridgehead atoms. The molecule has 0 aliphatic rings. The molecule has 0 saturated heterocycles. The number of rotatable bonds is 2. The zero-order valence-corrected chi connectivity index (χ0v) is 10.8. The molecule has 1 aromatic carbocycles. The molecule has 6 heteroatoms. The largest absolute Gasteiger partial charge is 1.00 e. The van der Waals surface area contributed by atoms with Crippen LogP contribution in [-0.4, -0.2) is 11.0 Å². The van der Waals surface area contributed by atoms with Gasteiger partial charge in [-0.05, 0) is 12.1 Å². The molecular weight excluding hydrogens is 228 g/mol. The van der Waals surface area contributed by atoms with Crippen molar-refractivity contribution in [1.82, 2.24) is 4.98 Å². The summed E-state index contributed by atoms with van der Waals surface area (Å²) in [5, 5.41) is 10.2. The number of carbonyl (C=O) groups excluding carboxylic acids is 1. The third-order valence-electron chi connectivity index (χ3n) is 1.73. The second-order valence-corrected chi connectivity index (χ2v) is 3.76. The van der Waals surface area contributed by atoms with Crippen molar-refractivity contribution in [1.29, 1.82) is 0 Å². The summed E-state index contributed by atoms with van der Waals surface area (Å²) in [5.74, 6) is -1.75. The standard InChI is InChI=1S/C9H6FNO2S.Na/c10-7(9(12)13)8-11-5-3-1-2-4-6(5)14-8;/h1-4,7H,(H,12,13);/q;+1/p-1. The Balaban J connectivity index is 0.00000112. The molecule has 0 amide bonds. The number of hydrogen-bond donors (Lipinski definition) is 0. The average Bonchev–Trinajstić information content (AvgIpc) is 2.59. The molecule has 3 nitrogen and oxygen atoms in total. The molecule has 1 unspecified atom stereocenters. The third-order valence-corrected chi connectivity index (χ3v) is 2.81. The molecule has 0 aliphatic carbocycles. The number of aromatic nitrogens is 1. The first-order valence-corrected chi connectivity index (χ1v) is 4.70. The Hall–Kier alpha value is -0.490. The van der Waals surface area contributed by atoms with Gasteiger partial charge in [0.15, 0.2) is 6.17 Å². The van der Waals surface area contributed by atoms with Crippen molar-refractivity contribution >= 4 is 27.5 Å². The first-order valence-electron chi connectivity index (χ1n) is 3.89. The van der Waals surface area contributed by atoms with Gasteiger partial charge in [-0.15, -0.1) is 11.3 Å². The third kappa shape index (κ3) is 2.55. The summed E-state index contributed by atoms with van der Waals surface area (Å²) in [6.45, 7) is 0. The van der Waals surface area contributed by atoms with Gasteiger partial charge in [0.1, 0.15) is 5.01 Å². The number of alkyl halides is 1. The Kier molecular flexibility index (Phi) is 4.21. The van der Waals surface area contributed by atoms with E-state index in [0.717, 1.165) is 16.0 Å². The summed E-state index contributed by atoms with van der Waals surface area (Å²) in [6.07, 6.45) is -2.13. The van der Waals surface area contributed by atoms with Gasteiger partial charge < -0.3 is 9.90 Å². The van der Waals surface area contributed by atoms with E-state index in [2.05, 4.69) is 4.98 Å². The monoisotopic (exact) mass is 233 g/mol. The minimum absolute atomic E-state index is 0. The van der Waals surface area contributed by atoms with E-state index in [1.807, 2.05) is 0 Å². The van der Waals surface area contributed by atoms with Gasteiger partial charge in [-0.3, -0.25) is 0 Å². The van der Waals surface area contributed by atoms with E-state index in [-0.39, 0.29) is 34.6 Å². The van der Waals surface area contributed by atoms with Crippen molar-refractivity contribution in [2.45, 2.75) is 6.17 Å². The van der Waals surface area contributed by atoms with E-state index in [1.54, 1.807) is 24.3 Å². The van der Waals surface area contributed by atoms with Crippen molar-refractivity contribution in [3.63, 3.8) is 0 Å². The number of benzene rings is 1. The number of hydrogen-bond acceptors (Lipinski definition) is 4. The minimum atomic E-state index is -2.13. The van der Waals surface area contributed by atoms with Gasteiger partial charge in [0, 0.05) is 0 Å². The molecule has 15 heavy (non-hydrogen) atoms. The predicted octanol–water partition coefficient (Wildman–Crippen LogP) is -1.94. The summed E-state index contributed by atoms with van der Waals surface area (Å²) in [5.41, 5.74) is 0.608. The van der Waals surface area contributed by atoms with Crippen LogP contribution in [0.25, 0.3) is 10.2 Å². The zero-order valence-electron chi connectivity index (χ0n) is 7.94. The van der Waals surface area contributed by atoms with Crippen LogP contribution in [-0.2, 0) is 4.79 Å². The van der Waals surface area contributed by atoms with E-state index in [4.69, 9.17) is 0 Å². The Morgan fingerprint density at radius 3 is 2.73 bits per heavy atom. The van der Waals surface area contributed by atoms with Crippen LogP contribution >= 0.6 is 11.3 Å². The molecule has 0 radical (unpaired) electrons. The van der Waals surface area contributed by atoms with Crippen LogP contribution in [0.15, 0.2) is 24.3 Å². The normalized spacial score (nSPS) is 12.1. The van der Waals surface area contributed by atoms with E-state index < -0.39 is 12.1 Å². The quantitative estimate of drug-likeness (QED) is 0.567. The summed E-state index contributed by atoms with van der Waals surface area (Å²) >= 11 is 1.03. The zero-order chi connectivity index (χ0) is 10.1. The summed E-state index contributed by atoms with van der Waals surface area (Å²) in [4.78, 5) is 14.1. The molecule has 0 N–H and O–H groups in total. The Labute approximate surface area is 111 Å². The molecule has 0 saturated carbocycles. The van der Waals surface area contributed by atoms with Crippen LogP contribution < -0.4 is 34.7 Å². The molecule has 1 aromatic heterocycles. The Bertz CT molecular complexity index is 455. The summed E-state index contributed by atoms with van der Waals surface area (Å²) in [6, 6.07) is 7.02. The first-order chi connectivity index (χ1) is 6.68. The van der Waals surface area contributed by atoms with Crippen molar-refractivity contribution < 1.29 is 43.8 Å². The number of aliphatic carboxylic acids is 1. The molecule has 1 atom stereocenters. The number of para-hydroxylation sites is 1. The van der Waals surface area contributed by atoms with E-state index >= 15 is 0 Å². The minimum Gasteiger partial charge on any atom is -0.546 e. The van der Waals surface area contributed by atoms with Crippen molar-refractivity contribution in [2.75, 3.05) is 0 Å². The number of fused-ring (bicyclic) bond motifs is 1. The fraction of sp³-hybridized carbons (Fsp3) is 0.111. The van der Waals surface area contributed by atoms with Gasteiger partial charge in [-0.2, -0.15) is 0 Å². The van der Waals surface area contributed by atoms with Crippen LogP contribution in [0.4, 0.5) is 4.39 Å². The van der Waals surface area contributed by atoms with Crippen LogP contribution in [0.1, 0.15) is 11.2 Å². The van der Waals surface area contributed by atoms with Crippen molar-refractivity contribution in [3.8, 4) is 0 Å². The van der Waals surface area contributed by atoms with Crippen LogP contribution in [0.2, 0.25) is 0 Å². The fourth-order valence-electron chi connectivity index (χ4n) is 1.10. The maximum absolute atomic E-state index is 13.0. The number of thiazole rings is 1. The van der Waals surface area contributed by atoms with Crippen molar-refractivity contribution in [2.24, 2.45) is 0 Å². The topological polar surface area (TPSA) is 53.0 Å². The van der Waals surface area contributed by atoms with Crippen LogP contribution in [0, 0.1) is 0 Å². The summed E-state index contributed by atoms with van der Waals surface area (Å²) in [7, 11) is 0. The SMILES string of the molecule is O=C([O-])C(F)c1nc2ccccc2s1.[Na+]. The van der Waals surface area contributed by atoms with Crippen molar-refractivity contribution in [3.05, 3.63) is 29.3 Å². The molecule has 0 aliphatic heterocycles. The molecule has 1 heterocycles. The molecule has 0 spiro atoms. The fourth-order valence-corrected chi connectivity index (χ4v) is 2.03. The van der Waals surface area contributed by atoms with E-state index in [1.165, 1.54) is 0 Å². The van der Waals surface area contributed by atoms with Crippen LogP contribution in [0.5, 0.6) is 0 Å². The van der Waals surface area contributed by atoms with E-state index in [0.29, 0.717) is 5.52 Å². The maximum Gasteiger partial charge on any atom is 1.00 e. The van der Waals surface area contributed by atoms with Gasteiger partial charge >= 0.3 is 29.6 Å². The van der Waals surface area contributed by atoms with Crippen LogP contribution in [0.3, 0.4) is 0 Å². The number of halogens is 1. The molecule has 72 valence electrons. The summed E-state index contributed by atoms with van der Waals surface area (Å²) < 4.78 is 13.8. The molecular formula is C9H5FNNaO2S. The Morgan fingerprint density at radius 1 is 1.47 bits per heavy atom. The predicted molar refractivity (Wildman–Crippen MR) is 48.5 cm³/mol. The smallest absolute Gasteiger partial charge is 0.546 e. The molecule has 2 aromatic rings. The number of carbonyl (C=O) groups is 1. The average molecular weight is 233 g/mol. The first kappa shape index (κ1) is 12.6. The van der Waals surface area contributed by atoms with Gasteiger partial charge in [-0.1, -0.05) is 12.1 Å². The number of nitrogens with zero attached hydrogens (tertiary/aromatic N) is 1. The maximum atomic E-state index is 13.0. The van der Waals surface area contributed by atoms with Gasteiger partial charge in [-0.25, -0.2) is 9.37 Å². The van der Waals surface area contributed by atoms with E-state index in [9.17, 15) is 14.3 Å². The molecule has 2 rings (SSSR count). The van der Waals surface area contributed by atoms with Gasteiger partial charge in [0.05, 0.1) is 16.2 Å². The second-order valence-electron chi connectivity index (χ2n) is 2.70. The van der Waals surface area contributed by atoms with Gasteiger partial charge in [0.25, 0.3) is 0 Å². The second kappa shape index (κ2) is 5.03.